The number of para-hydroxylation sites is 1. The van der Waals surface area contributed by atoms with E-state index in [0.717, 1.165) is 5.56 Å². The number of benzene rings is 3. The van der Waals surface area contributed by atoms with E-state index in [1.54, 1.807) is 61.5 Å². The number of phenols is 1. The Kier molecular flexibility index (Phi) is 6.37. The van der Waals surface area contributed by atoms with Crippen LogP contribution >= 0.6 is 0 Å². The normalized spacial score (nSPS) is 11.4. The molecule has 3 rings (SSSR count). The summed E-state index contributed by atoms with van der Waals surface area (Å²) in [6.45, 7) is 3.57. The van der Waals surface area contributed by atoms with Crippen LogP contribution in [-0.4, -0.2) is 24.1 Å². The minimum absolute atomic E-state index is 0.00290. The van der Waals surface area contributed by atoms with Gasteiger partial charge in [-0.25, -0.2) is 4.79 Å². The van der Waals surface area contributed by atoms with E-state index in [2.05, 4.69) is 5.32 Å². The summed E-state index contributed by atoms with van der Waals surface area (Å²) in [5, 5.41) is 13.0. The smallest absolute Gasteiger partial charge is 0.343 e. The number of amides is 1. The Bertz CT molecular complexity index is 1060. The summed E-state index contributed by atoms with van der Waals surface area (Å²) >= 11 is 0. The molecule has 0 aromatic heterocycles. The number of aryl methyl sites for hydroxylation is 2. The quantitative estimate of drug-likeness (QED) is 0.588. The summed E-state index contributed by atoms with van der Waals surface area (Å²) < 4.78 is 10.9. The van der Waals surface area contributed by atoms with E-state index in [1.165, 1.54) is 13.2 Å². The predicted molar refractivity (Wildman–Crippen MR) is 114 cm³/mol. The van der Waals surface area contributed by atoms with Crippen molar-refractivity contribution >= 4 is 17.6 Å². The average molecular weight is 405 g/mol. The number of esters is 1. The number of carbonyl (C=O) groups excluding carboxylic acids is 2. The summed E-state index contributed by atoms with van der Waals surface area (Å²) in [7, 11) is 1.51. The van der Waals surface area contributed by atoms with E-state index in [4.69, 9.17) is 9.47 Å². The molecule has 0 spiro atoms. The second-order valence-electron chi connectivity index (χ2n) is 6.86. The van der Waals surface area contributed by atoms with Crippen molar-refractivity contribution in [2.75, 3.05) is 12.4 Å². The molecular weight excluding hydrogens is 382 g/mol. The van der Waals surface area contributed by atoms with Crippen molar-refractivity contribution in [1.29, 1.82) is 0 Å². The maximum Gasteiger partial charge on any atom is 0.343 e. The molecule has 154 valence electrons. The largest absolute Gasteiger partial charge is 0.507 e. The molecule has 0 fully saturated rings. The van der Waals surface area contributed by atoms with Gasteiger partial charge in [0, 0.05) is 5.56 Å². The molecule has 0 bridgehead atoms. The zero-order valence-electron chi connectivity index (χ0n) is 17.0. The van der Waals surface area contributed by atoms with E-state index < -0.39 is 18.0 Å². The molecule has 2 N–H and O–H groups in total. The summed E-state index contributed by atoms with van der Waals surface area (Å²) in [4.78, 5) is 25.9. The number of anilines is 1. The Hall–Kier alpha value is -3.80. The van der Waals surface area contributed by atoms with Crippen molar-refractivity contribution in [2.24, 2.45) is 0 Å². The number of carbonyl (C=O) groups is 2. The predicted octanol–water partition coefficient (Wildman–Crippen LogP) is 4.55. The number of aromatic hydroxyl groups is 1. The van der Waals surface area contributed by atoms with Crippen LogP contribution in [-0.2, 0) is 9.53 Å². The zero-order chi connectivity index (χ0) is 21.7. The molecule has 0 heterocycles. The average Bonchev–Trinajstić information content (AvgIpc) is 2.74. The third-order valence-corrected chi connectivity index (χ3v) is 4.64. The van der Waals surface area contributed by atoms with Gasteiger partial charge >= 0.3 is 5.97 Å². The molecule has 30 heavy (non-hydrogen) atoms. The highest BCUT2D eigenvalue weighted by Crippen LogP contribution is 2.29. The maximum atomic E-state index is 13.1. The molecule has 6 nitrogen and oxygen atoms in total. The van der Waals surface area contributed by atoms with Crippen molar-refractivity contribution in [3.05, 3.63) is 89.0 Å². The van der Waals surface area contributed by atoms with Crippen molar-refractivity contribution in [3.8, 4) is 11.5 Å². The van der Waals surface area contributed by atoms with E-state index in [9.17, 15) is 14.7 Å². The monoisotopic (exact) mass is 405 g/mol. The fourth-order valence-electron chi connectivity index (χ4n) is 3.01. The molecule has 3 aromatic rings. The van der Waals surface area contributed by atoms with Gasteiger partial charge in [0.05, 0.1) is 12.8 Å². The van der Waals surface area contributed by atoms with Crippen LogP contribution in [0.2, 0.25) is 0 Å². The van der Waals surface area contributed by atoms with Crippen molar-refractivity contribution in [3.63, 3.8) is 0 Å². The topological polar surface area (TPSA) is 84.9 Å². The van der Waals surface area contributed by atoms with Gasteiger partial charge in [-0.1, -0.05) is 48.5 Å². The first-order chi connectivity index (χ1) is 14.4. The van der Waals surface area contributed by atoms with Crippen molar-refractivity contribution in [1.82, 2.24) is 0 Å². The molecule has 0 saturated carbocycles. The Morgan fingerprint density at radius 2 is 1.70 bits per heavy atom. The molecule has 6 heteroatoms. The Labute approximate surface area is 175 Å². The summed E-state index contributed by atoms with van der Waals surface area (Å²) in [5.74, 6) is -1.01. The van der Waals surface area contributed by atoms with Crippen LogP contribution in [0.3, 0.4) is 0 Å². The van der Waals surface area contributed by atoms with E-state index in [0.29, 0.717) is 22.6 Å². The summed E-state index contributed by atoms with van der Waals surface area (Å²) in [5.41, 5.74) is 2.44. The molecule has 0 radical (unpaired) electrons. The highest BCUT2D eigenvalue weighted by molar-refractivity contribution is 5.99. The fraction of sp³-hybridized carbons (Fsp3) is 0.167. The lowest BCUT2D eigenvalue weighted by Gasteiger charge is -2.19. The lowest BCUT2D eigenvalue weighted by Crippen LogP contribution is -2.26. The SMILES string of the molecule is COc1ccc(C)cc1NC(=O)[C@H](OC(=O)c1cccc(C)c1O)c1ccccc1. The minimum atomic E-state index is -1.22. The van der Waals surface area contributed by atoms with Gasteiger partial charge in [-0.3, -0.25) is 4.79 Å². The second kappa shape index (κ2) is 9.13. The minimum Gasteiger partial charge on any atom is -0.507 e. The number of rotatable bonds is 6. The summed E-state index contributed by atoms with van der Waals surface area (Å²) in [6, 6.07) is 18.8. The van der Waals surface area contributed by atoms with Crippen molar-refractivity contribution < 1.29 is 24.2 Å². The van der Waals surface area contributed by atoms with Gasteiger partial charge in [0.2, 0.25) is 6.10 Å². The number of nitrogens with one attached hydrogen (secondary N) is 1. The number of methoxy groups -OCH3 is 1. The molecule has 0 aliphatic rings. The number of ether oxygens (including phenoxy) is 2. The molecule has 0 saturated heterocycles. The second-order valence-corrected chi connectivity index (χ2v) is 6.86. The van der Waals surface area contributed by atoms with Gasteiger partial charge in [0.15, 0.2) is 0 Å². The third kappa shape index (κ3) is 4.60. The van der Waals surface area contributed by atoms with E-state index in [1.807, 2.05) is 13.0 Å². The molecule has 0 aliphatic carbocycles. The van der Waals surface area contributed by atoms with Crippen LogP contribution < -0.4 is 10.1 Å². The highest BCUT2D eigenvalue weighted by atomic mass is 16.5. The lowest BCUT2D eigenvalue weighted by molar-refractivity contribution is -0.125. The van der Waals surface area contributed by atoms with E-state index in [-0.39, 0.29) is 11.3 Å². The third-order valence-electron chi connectivity index (χ3n) is 4.64. The van der Waals surface area contributed by atoms with E-state index >= 15 is 0 Å². The molecule has 1 amide bonds. The highest BCUT2D eigenvalue weighted by Gasteiger charge is 2.27. The lowest BCUT2D eigenvalue weighted by atomic mass is 10.1. The Morgan fingerprint density at radius 3 is 2.40 bits per heavy atom. The van der Waals surface area contributed by atoms with Gasteiger partial charge in [-0.2, -0.15) is 0 Å². The molecule has 3 aromatic carbocycles. The van der Waals surface area contributed by atoms with Crippen LogP contribution in [0.1, 0.15) is 33.2 Å². The van der Waals surface area contributed by atoms with Crippen LogP contribution in [0, 0.1) is 13.8 Å². The van der Waals surface area contributed by atoms with Crippen LogP contribution in [0.4, 0.5) is 5.69 Å². The van der Waals surface area contributed by atoms with Crippen molar-refractivity contribution in [2.45, 2.75) is 20.0 Å². The summed E-state index contributed by atoms with van der Waals surface area (Å²) in [6.07, 6.45) is -1.22. The van der Waals surface area contributed by atoms with Crippen LogP contribution in [0.5, 0.6) is 11.5 Å². The first-order valence-electron chi connectivity index (χ1n) is 9.40. The number of hydrogen-bond acceptors (Lipinski definition) is 5. The molecule has 0 aliphatic heterocycles. The van der Waals surface area contributed by atoms with Gasteiger partial charge in [-0.05, 0) is 43.2 Å². The Balaban J connectivity index is 1.92. The number of hydrogen-bond donors (Lipinski definition) is 2. The van der Waals surface area contributed by atoms with Gasteiger partial charge in [-0.15, -0.1) is 0 Å². The first-order valence-corrected chi connectivity index (χ1v) is 9.40. The molecule has 0 unspecified atom stereocenters. The molecular formula is C24H23NO5. The van der Waals surface area contributed by atoms with Crippen LogP contribution in [0.15, 0.2) is 66.7 Å². The van der Waals surface area contributed by atoms with Gasteiger partial charge < -0.3 is 19.9 Å². The Morgan fingerprint density at radius 1 is 0.967 bits per heavy atom. The van der Waals surface area contributed by atoms with Gasteiger partial charge in [0.25, 0.3) is 5.91 Å². The van der Waals surface area contributed by atoms with Crippen LogP contribution in [0.25, 0.3) is 0 Å². The molecule has 1 atom stereocenters. The fourth-order valence-corrected chi connectivity index (χ4v) is 3.01. The standard InChI is InChI=1S/C24H23NO5/c1-15-12-13-20(29-3)19(14-15)25-23(27)22(17-9-5-4-6-10-17)30-24(28)18-11-7-8-16(2)21(18)26/h4-14,22,26H,1-3H3,(H,25,27)/t22-/m1/s1. The van der Waals surface area contributed by atoms with Gasteiger partial charge in [0.1, 0.15) is 17.1 Å². The zero-order valence-corrected chi connectivity index (χ0v) is 17.0. The maximum absolute atomic E-state index is 13.1. The first kappa shape index (κ1) is 20.9. The number of phenolic OH excluding ortho intramolecular Hbond substituents is 1.